The summed E-state index contributed by atoms with van der Waals surface area (Å²) in [4.78, 5) is 46.2. The van der Waals surface area contributed by atoms with E-state index in [9.17, 15) is 18.8 Å². The molecule has 2 aromatic rings. The first-order valence-electron chi connectivity index (χ1n) is 9.44. The molecule has 3 aliphatic heterocycles. The number of nitrogens with zero attached hydrogens (tertiary/aromatic N) is 3. The molecule has 4 heterocycles. The molecule has 1 N–H and O–H groups in total. The molecule has 1 aromatic carbocycles. The normalized spacial score (nSPS) is 21.7. The number of fused-ring (bicyclic) bond motifs is 5. The highest BCUT2D eigenvalue weighted by molar-refractivity contribution is 5.97. The number of para-hydroxylation sites is 1. The molecule has 3 aliphatic rings. The van der Waals surface area contributed by atoms with E-state index in [-0.39, 0.29) is 40.4 Å². The minimum absolute atomic E-state index is 0.0103. The number of H-pyrrole nitrogens is 1. The lowest BCUT2D eigenvalue weighted by atomic mass is 9.94. The molecule has 0 spiro atoms. The van der Waals surface area contributed by atoms with E-state index >= 15 is 0 Å². The molecule has 0 unspecified atom stereocenters. The number of hydrogen-bond acceptors (Lipinski definition) is 3. The Labute approximate surface area is 161 Å². The second-order valence-electron chi connectivity index (χ2n) is 7.83. The van der Waals surface area contributed by atoms with Gasteiger partial charge in [0.1, 0.15) is 11.4 Å². The van der Waals surface area contributed by atoms with Crippen molar-refractivity contribution in [3.8, 4) is 0 Å². The summed E-state index contributed by atoms with van der Waals surface area (Å²) in [5, 5.41) is 0.162. The second-order valence-corrected chi connectivity index (χ2v) is 7.83. The zero-order valence-electron chi connectivity index (χ0n) is 15.9. The number of urea groups is 1. The van der Waals surface area contributed by atoms with E-state index < -0.39 is 11.2 Å². The molecule has 0 saturated carbocycles. The first kappa shape index (κ1) is 18.5. The summed E-state index contributed by atoms with van der Waals surface area (Å²) in [5.74, 6) is -0.704. The van der Waals surface area contributed by atoms with Gasteiger partial charge in [0, 0.05) is 51.4 Å². The van der Waals surface area contributed by atoms with Crippen LogP contribution >= 0.6 is 0 Å². The van der Waals surface area contributed by atoms with Gasteiger partial charge in [0.05, 0.1) is 5.52 Å². The second kappa shape index (κ2) is 6.92. The number of rotatable bonds is 1. The molecule has 2 atom stereocenters. The molecule has 1 aromatic heterocycles. The van der Waals surface area contributed by atoms with Gasteiger partial charge in [0.15, 0.2) is 0 Å². The largest absolute Gasteiger partial charge is 0.358 e. The summed E-state index contributed by atoms with van der Waals surface area (Å²) in [6, 6.07) is 4.05. The first-order chi connectivity index (χ1) is 13.4. The van der Waals surface area contributed by atoms with Gasteiger partial charge in [-0.15, -0.1) is 0 Å². The fourth-order valence-corrected chi connectivity index (χ4v) is 4.30. The lowest BCUT2D eigenvalue weighted by molar-refractivity contribution is 0.0584. The Balaban J connectivity index is 1.66. The average Bonchev–Trinajstić information content (AvgIpc) is 2.99. The lowest BCUT2D eigenvalue weighted by Crippen LogP contribution is -2.49. The van der Waals surface area contributed by atoms with Crippen LogP contribution in [0.15, 0.2) is 29.2 Å². The van der Waals surface area contributed by atoms with Gasteiger partial charge >= 0.3 is 6.03 Å². The summed E-state index contributed by atoms with van der Waals surface area (Å²) >= 11 is 0. The van der Waals surface area contributed by atoms with E-state index in [1.165, 1.54) is 24.4 Å². The monoisotopic (exact) mass is 386 g/mol. The zero-order chi connectivity index (χ0) is 20.0. The van der Waals surface area contributed by atoms with Crippen LogP contribution in [0.5, 0.6) is 0 Å². The van der Waals surface area contributed by atoms with E-state index in [0.717, 1.165) is 12.8 Å². The van der Waals surface area contributed by atoms with Crippen molar-refractivity contribution in [3.05, 3.63) is 46.0 Å². The zero-order valence-corrected chi connectivity index (χ0v) is 15.9. The minimum atomic E-state index is -0.528. The molecule has 8 heteroatoms. The summed E-state index contributed by atoms with van der Waals surface area (Å²) < 4.78 is 13.9. The van der Waals surface area contributed by atoms with E-state index in [1.54, 1.807) is 28.8 Å². The van der Waals surface area contributed by atoms with Gasteiger partial charge in [-0.2, -0.15) is 0 Å². The van der Waals surface area contributed by atoms with Crippen molar-refractivity contribution in [3.63, 3.8) is 0 Å². The van der Waals surface area contributed by atoms with E-state index in [0.29, 0.717) is 19.6 Å². The third-order valence-electron chi connectivity index (χ3n) is 5.72. The van der Waals surface area contributed by atoms with Gasteiger partial charge in [0.2, 0.25) is 5.43 Å². The molecule has 2 bridgehead atoms. The van der Waals surface area contributed by atoms with E-state index in [1.807, 2.05) is 0 Å². The Kier molecular flexibility index (Phi) is 4.56. The molecule has 5 rings (SSSR count). The van der Waals surface area contributed by atoms with Crippen LogP contribution in [0.4, 0.5) is 9.18 Å². The van der Waals surface area contributed by atoms with Gasteiger partial charge in [-0.05, 0) is 30.9 Å². The number of benzene rings is 1. The maximum Gasteiger partial charge on any atom is 0.319 e. The molecule has 3 saturated heterocycles. The highest BCUT2D eigenvalue weighted by Crippen LogP contribution is 2.29. The number of halogens is 1. The summed E-state index contributed by atoms with van der Waals surface area (Å²) in [6.07, 6.45) is 3.05. The van der Waals surface area contributed by atoms with Crippen LogP contribution in [-0.4, -0.2) is 71.4 Å². The number of aromatic nitrogens is 1. The van der Waals surface area contributed by atoms with Crippen LogP contribution < -0.4 is 5.43 Å². The third kappa shape index (κ3) is 3.02. The Morgan fingerprint density at radius 3 is 2.71 bits per heavy atom. The number of amides is 3. The van der Waals surface area contributed by atoms with Gasteiger partial charge < -0.3 is 19.7 Å². The van der Waals surface area contributed by atoms with Crippen LogP contribution in [0, 0.1) is 11.7 Å². The Hall–Kier alpha value is -2.90. The van der Waals surface area contributed by atoms with Crippen LogP contribution in [0.25, 0.3) is 10.9 Å². The molecule has 148 valence electrons. The van der Waals surface area contributed by atoms with Crippen molar-refractivity contribution in [1.82, 2.24) is 19.7 Å². The number of hydrogen-bond donors (Lipinski definition) is 1. The average molecular weight is 386 g/mol. The predicted octanol–water partition coefficient (Wildman–Crippen LogP) is 1.89. The minimum Gasteiger partial charge on any atom is -0.358 e. The van der Waals surface area contributed by atoms with Crippen molar-refractivity contribution in [2.75, 3.05) is 33.7 Å². The van der Waals surface area contributed by atoms with Gasteiger partial charge in [0.25, 0.3) is 5.91 Å². The van der Waals surface area contributed by atoms with Crippen LogP contribution in [0.2, 0.25) is 0 Å². The summed E-state index contributed by atoms with van der Waals surface area (Å²) in [6.45, 7) is 1.58. The maximum absolute atomic E-state index is 13.9. The molecule has 0 radical (unpaired) electrons. The number of aromatic amines is 1. The van der Waals surface area contributed by atoms with Gasteiger partial charge in [-0.25, -0.2) is 9.18 Å². The number of pyridine rings is 1. The van der Waals surface area contributed by atoms with Gasteiger partial charge in [-0.3, -0.25) is 9.59 Å². The van der Waals surface area contributed by atoms with Crippen LogP contribution in [0.3, 0.4) is 0 Å². The van der Waals surface area contributed by atoms with E-state index in [4.69, 9.17) is 0 Å². The van der Waals surface area contributed by atoms with Crippen molar-refractivity contribution in [2.24, 2.45) is 5.92 Å². The fraction of sp³-hybridized carbons (Fsp3) is 0.450. The topological polar surface area (TPSA) is 76.7 Å². The standard InChI is InChI=1S/C20H23FN4O3/c1-23(2)20(28)24-9-12-6-7-13(11-24)25(10-12)19(27)15-8-22-17-14(18(15)26)4-3-5-16(17)21/h3-5,8,12-13H,6-7,9-11H2,1-2H3,(H,22,26)/t12-,13+/m0/s1. The van der Waals surface area contributed by atoms with Crippen LogP contribution in [0.1, 0.15) is 23.2 Å². The smallest absolute Gasteiger partial charge is 0.319 e. The quantitative estimate of drug-likeness (QED) is 0.813. The van der Waals surface area contributed by atoms with Crippen LogP contribution in [-0.2, 0) is 0 Å². The molecular weight excluding hydrogens is 363 g/mol. The Bertz CT molecular complexity index is 1000. The Morgan fingerprint density at radius 1 is 1.18 bits per heavy atom. The molecule has 28 heavy (non-hydrogen) atoms. The maximum atomic E-state index is 13.9. The van der Waals surface area contributed by atoms with Crippen molar-refractivity contribution in [1.29, 1.82) is 0 Å². The first-order valence-corrected chi connectivity index (χ1v) is 9.44. The summed E-state index contributed by atoms with van der Waals surface area (Å²) in [5.41, 5.74) is -0.361. The molecule has 7 nitrogen and oxygen atoms in total. The number of carbonyl (C=O) groups excluding carboxylic acids is 2. The number of carbonyl (C=O) groups is 2. The van der Waals surface area contributed by atoms with E-state index in [2.05, 4.69) is 4.98 Å². The highest BCUT2D eigenvalue weighted by Gasteiger charge is 2.39. The SMILES string of the molecule is CN(C)C(=O)N1C[C@@H]2CC[C@H](C1)N(C(=O)c1c[nH]c3c(F)cccc3c1=O)C2. The molecule has 0 aliphatic carbocycles. The number of piperidine rings is 1. The molecular formula is C20H23FN4O3. The van der Waals surface area contributed by atoms with Crippen molar-refractivity contribution < 1.29 is 14.0 Å². The Morgan fingerprint density at radius 2 is 1.96 bits per heavy atom. The van der Waals surface area contributed by atoms with Gasteiger partial charge in [-0.1, -0.05) is 6.07 Å². The summed E-state index contributed by atoms with van der Waals surface area (Å²) in [7, 11) is 3.43. The molecule has 3 fully saturated rings. The number of nitrogens with one attached hydrogen (secondary N) is 1. The molecule has 3 amide bonds. The lowest BCUT2D eigenvalue weighted by Gasteiger charge is -2.36. The highest BCUT2D eigenvalue weighted by atomic mass is 19.1. The van der Waals surface area contributed by atoms with Crippen molar-refractivity contribution in [2.45, 2.75) is 18.9 Å². The third-order valence-corrected chi connectivity index (χ3v) is 5.72. The predicted molar refractivity (Wildman–Crippen MR) is 103 cm³/mol. The fourth-order valence-electron chi connectivity index (χ4n) is 4.30. The van der Waals surface area contributed by atoms with Crippen molar-refractivity contribution >= 4 is 22.8 Å².